The lowest BCUT2D eigenvalue weighted by Crippen LogP contribution is -2.49. The third kappa shape index (κ3) is 3.22. The van der Waals surface area contributed by atoms with E-state index in [1.807, 2.05) is 0 Å². The van der Waals surface area contributed by atoms with Crippen LogP contribution in [0.4, 0.5) is 18.9 Å². The van der Waals surface area contributed by atoms with Gasteiger partial charge in [-0.05, 0) is 20.4 Å². The van der Waals surface area contributed by atoms with Gasteiger partial charge in [0.15, 0.2) is 11.6 Å². The molecule has 2 N–H and O–H groups in total. The maximum atomic E-state index is 13.3. The fraction of sp³-hybridized carbons (Fsp3) is 0.417. The summed E-state index contributed by atoms with van der Waals surface area (Å²) in [6, 6.07) is 1.15. The van der Waals surface area contributed by atoms with E-state index >= 15 is 0 Å². The summed E-state index contributed by atoms with van der Waals surface area (Å²) in [6.07, 6.45) is 0. The van der Waals surface area contributed by atoms with E-state index in [0.29, 0.717) is 12.6 Å². The number of rotatable bonds is 4. The Morgan fingerprint density at radius 1 is 1.28 bits per heavy atom. The second kappa shape index (κ2) is 5.39. The number of carbonyl (C=O) groups excluding carboxylic acids is 1. The van der Waals surface area contributed by atoms with Gasteiger partial charge in [0.2, 0.25) is 5.91 Å². The largest absolute Gasteiger partial charge is 0.322 e. The van der Waals surface area contributed by atoms with Crippen molar-refractivity contribution in [1.82, 2.24) is 5.32 Å². The Kier molecular flexibility index (Phi) is 4.34. The second-order valence-corrected chi connectivity index (χ2v) is 4.36. The SMILES string of the molecule is CCNC(C)(C)C(=O)Nc1cc(F)cc(F)c1F. The first-order valence-electron chi connectivity index (χ1n) is 5.49. The summed E-state index contributed by atoms with van der Waals surface area (Å²) in [5, 5.41) is 5.03. The Morgan fingerprint density at radius 3 is 2.44 bits per heavy atom. The molecule has 18 heavy (non-hydrogen) atoms. The zero-order chi connectivity index (χ0) is 13.9. The molecule has 100 valence electrons. The average Bonchev–Trinajstić information content (AvgIpc) is 2.25. The summed E-state index contributed by atoms with van der Waals surface area (Å²) in [5.41, 5.74) is -1.48. The topological polar surface area (TPSA) is 41.1 Å². The van der Waals surface area contributed by atoms with Gasteiger partial charge in [-0.25, -0.2) is 13.2 Å². The highest BCUT2D eigenvalue weighted by Crippen LogP contribution is 2.20. The number of amides is 1. The van der Waals surface area contributed by atoms with Crippen molar-refractivity contribution in [3.63, 3.8) is 0 Å². The number of carbonyl (C=O) groups is 1. The van der Waals surface area contributed by atoms with Gasteiger partial charge >= 0.3 is 0 Å². The predicted octanol–water partition coefficient (Wildman–Crippen LogP) is 2.43. The van der Waals surface area contributed by atoms with Gasteiger partial charge in [-0.1, -0.05) is 6.92 Å². The molecule has 0 saturated carbocycles. The predicted molar refractivity (Wildman–Crippen MR) is 62.7 cm³/mol. The molecule has 0 radical (unpaired) electrons. The van der Waals surface area contributed by atoms with Crippen LogP contribution >= 0.6 is 0 Å². The van der Waals surface area contributed by atoms with Crippen LogP contribution in [0.15, 0.2) is 12.1 Å². The standard InChI is InChI=1S/C12H15F3N2O/c1-4-16-12(2,3)11(18)17-9-6-7(13)5-8(14)10(9)15/h5-6,16H,4H2,1-3H3,(H,17,18). The van der Waals surface area contributed by atoms with E-state index in [0.717, 1.165) is 6.07 Å². The van der Waals surface area contributed by atoms with Gasteiger partial charge in [-0.15, -0.1) is 0 Å². The monoisotopic (exact) mass is 260 g/mol. The molecule has 6 heteroatoms. The van der Waals surface area contributed by atoms with Gasteiger partial charge < -0.3 is 10.6 Å². The highest BCUT2D eigenvalue weighted by molar-refractivity contribution is 5.97. The Morgan fingerprint density at radius 2 is 1.89 bits per heavy atom. The molecule has 0 bridgehead atoms. The maximum absolute atomic E-state index is 13.3. The van der Waals surface area contributed by atoms with Gasteiger partial charge in [0.05, 0.1) is 11.2 Å². The summed E-state index contributed by atoms with van der Waals surface area (Å²) in [7, 11) is 0. The third-order valence-corrected chi connectivity index (χ3v) is 2.43. The summed E-state index contributed by atoms with van der Waals surface area (Å²) < 4.78 is 39.2. The molecule has 0 atom stereocenters. The van der Waals surface area contributed by atoms with Gasteiger partial charge in [0.1, 0.15) is 5.82 Å². The molecule has 0 aliphatic rings. The van der Waals surface area contributed by atoms with Crippen LogP contribution in [0.2, 0.25) is 0 Å². The fourth-order valence-electron chi connectivity index (χ4n) is 1.45. The molecule has 0 aromatic heterocycles. The van der Waals surface area contributed by atoms with Crippen LogP contribution < -0.4 is 10.6 Å². The molecule has 1 rings (SSSR count). The van der Waals surface area contributed by atoms with E-state index in [2.05, 4.69) is 10.6 Å². The minimum Gasteiger partial charge on any atom is -0.322 e. The van der Waals surface area contributed by atoms with Crippen molar-refractivity contribution in [2.24, 2.45) is 0 Å². The highest BCUT2D eigenvalue weighted by atomic mass is 19.2. The zero-order valence-corrected chi connectivity index (χ0v) is 10.4. The molecule has 0 heterocycles. The Balaban J connectivity index is 2.95. The van der Waals surface area contributed by atoms with Crippen molar-refractivity contribution in [2.75, 3.05) is 11.9 Å². The summed E-state index contributed by atoms with van der Waals surface area (Å²) in [4.78, 5) is 11.8. The van der Waals surface area contributed by atoms with Crippen molar-refractivity contribution < 1.29 is 18.0 Å². The normalized spacial score (nSPS) is 11.4. The van der Waals surface area contributed by atoms with Crippen LogP contribution in [-0.2, 0) is 4.79 Å². The van der Waals surface area contributed by atoms with E-state index in [1.165, 1.54) is 0 Å². The first-order valence-corrected chi connectivity index (χ1v) is 5.49. The highest BCUT2D eigenvalue weighted by Gasteiger charge is 2.27. The first-order chi connectivity index (χ1) is 8.27. The van der Waals surface area contributed by atoms with Crippen LogP contribution in [0.5, 0.6) is 0 Å². The van der Waals surface area contributed by atoms with Crippen LogP contribution in [0.3, 0.4) is 0 Å². The molecule has 0 unspecified atom stereocenters. The average molecular weight is 260 g/mol. The van der Waals surface area contributed by atoms with Gasteiger partial charge in [-0.3, -0.25) is 4.79 Å². The lowest BCUT2D eigenvalue weighted by molar-refractivity contribution is -0.121. The number of nitrogens with one attached hydrogen (secondary N) is 2. The summed E-state index contributed by atoms with van der Waals surface area (Å²) in [6.45, 7) is 5.50. The van der Waals surface area contributed by atoms with E-state index in [9.17, 15) is 18.0 Å². The van der Waals surface area contributed by atoms with Crippen molar-refractivity contribution in [2.45, 2.75) is 26.3 Å². The number of benzene rings is 1. The van der Waals surface area contributed by atoms with Crippen molar-refractivity contribution in [3.8, 4) is 0 Å². The van der Waals surface area contributed by atoms with Crippen LogP contribution in [0, 0.1) is 17.5 Å². The molecule has 3 nitrogen and oxygen atoms in total. The molecule has 1 amide bonds. The maximum Gasteiger partial charge on any atom is 0.244 e. The Hall–Kier alpha value is -1.56. The molecular weight excluding hydrogens is 245 g/mol. The van der Waals surface area contributed by atoms with E-state index in [1.54, 1.807) is 20.8 Å². The molecule has 0 saturated heterocycles. The van der Waals surface area contributed by atoms with E-state index in [4.69, 9.17) is 0 Å². The Bertz CT molecular complexity index is 461. The quantitative estimate of drug-likeness (QED) is 0.816. The van der Waals surface area contributed by atoms with Gasteiger partial charge in [-0.2, -0.15) is 0 Å². The smallest absolute Gasteiger partial charge is 0.244 e. The minimum atomic E-state index is -1.34. The third-order valence-electron chi connectivity index (χ3n) is 2.43. The molecule has 1 aromatic rings. The molecule has 0 aliphatic carbocycles. The molecule has 0 aliphatic heterocycles. The molecular formula is C12H15F3N2O. The number of halogens is 3. The molecule has 0 spiro atoms. The van der Waals surface area contributed by atoms with Crippen LogP contribution in [0.1, 0.15) is 20.8 Å². The number of likely N-dealkylation sites (N-methyl/N-ethyl adjacent to an activating group) is 1. The van der Waals surface area contributed by atoms with Crippen LogP contribution in [-0.4, -0.2) is 18.0 Å². The van der Waals surface area contributed by atoms with Crippen LogP contribution in [0.25, 0.3) is 0 Å². The number of hydrogen-bond donors (Lipinski definition) is 2. The van der Waals surface area contributed by atoms with Crippen molar-refractivity contribution in [3.05, 3.63) is 29.6 Å². The van der Waals surface area contributed by atoms with Gasteiger partial charge in [0.25, 0.3) is 0 Å². The fourth-order valence-corrected chi connectivity index (χ4v) is 1.45. The van der Waals surface area contributed by atoms with Gasteiger partial charge in [0, 0.05) is 12.1 Å². The number of anilines is 1. The van der Waals surface area contributed by atoms with E-state index in [-0.39, 0.29) is 0 Å². The van der Waals surface area contributed by atoms with Crippen molar-refractivity contribution >= 4 is 11.6 Å². The summed E-state index contributed by atoms with van der Waals surface area (Å²) >= 11 is 0. The number of hydrogen-bond acceptors (Lipinski definition) is 2. The van der Waals surface area contributed by atoms with Crippen molar-refractivity contribution in [1.29, 1.82) is 0 Å². The summed E-state index contributed by atoms with van der Waals surface area (Å²) in [5.74, 6) is -4.15. The second-order valence-electron chi connectivity index (χ2n) is 4.36. The lowest BCUT2D eigenvalue weighted by Gasteiger charge is -2.24. The first kappa shape index (κ1) is 14.5. The zero-order valence-electron chi connectivity index (χ0n) is 10.4. The molecule has 1 aromatic carbocycles. The molecule has 0 fully saturated rings. The minimum absolute atomic E-state index is 0.417. The van der Waals surface area contributed by atoms with E-state index < -0.39 is 34.6 Å². The lowest BCUT2D eigenvalue weighted by atomic mass is 10.0. The Labute approximate surface area is 103 Å².